The van der Waals surface area contributed by atoms with Gasteiger partial charge in [0.05, 0.1) is 19.1 Å². The maximum absolute atomic E-state index is 12.1. The lowest BCUT2D eigenvalue weighted by Crippen LogP contribution is -2.11. The lowest BCUT2D eigenvalue weighted by Gasteiger charge is -2.10. The van der Waals surface area contributed by atoms with E-state index in [0.717, 1.165) is 0 Å². The van der Waals surface area contributed by atoms with Crippen LogP contribution in [0.4, 0.5) is 5.69 Å². The molecule has 1 aromatic carbocycles. The van der Waals surface area contributed by atoms with Crippen molar-refractivity contribution < 1.29 is 23.2 Å². The van der Waals surface area contributed by atoms with Crippen molar-refractivity contribution in [3.63, 3.8) is 0 Å². The molecule has 0 atom stereocenters. The Morgan fingerprint density at radius 2 is 2.09 bits per heavy atom. The molecule has 0 aliphatic heterocycles. The molecule has 0 fully saturated rings. The van der Waals surface area contributed by atoms with Crippen LogP contribution in [0.25, 0.3) is 11.3 Å². The third kappa shape index (κ3) is 3.01. The molecule has 0 aliphatic rings. The van der Waals surface area contributed by atoms with Gasteiger partial charge in [-0.15, -0.1) is 0 Å². The molecule has 6 heteroatoms. The highest BCUT2D eigenvalue weighted by Gasteiger charge is 2.14. The SMILES string of the molecule is COc1ccc(-c2ccc(C=O)o2)cc1NC(=O)c1ccco1. The summed E-state index contributed by atoms with van der Waals surface area (Å²) < 4.78 is 15.7. The summed E-state index contributed by atoms with van der Waals surface area (Å²) in [7, 11) is 1.51. The van der Waals surface area contributed by atoms with Crippen LogP contribution in [0.5, 0.6) is 5.75 Å². The van der Waals surface area contributed by atoms with Crippen molar-refractivity contribution in [1.82, 2.24) is 0 Å². The maximum atomic E-state index is 12.1. The molecule has 6 nitrogen and oxygen atoms in total. The maximum Gasteiger partial charge on any atom is 0.291 e. The Morgan fingerprint density at radius 1 is 1.22 bits per heavy atom. The topological polar surface area (TPSA) is 81.7 Å². The highest BCUT2D eigenvalue weighted by atomic mass is 16.5. The van der Waals surface area contributed by atoms with E-state index in [0.29, 0.717) is 29.0 Å². The molecule has 1 N–H and O–H groups in total. The van der Waals surface area contributed by atoms with Gasteiger partial charge >= 0.3 is 0 Å². The van der Waals surface area contributed by atoms with E-state index in [2.05, 4.69) is 5.32 Å². The van der Waals surface area contributed by atoms with E-state index in [-0.39, 0.29) is 11.5 Å². The quantitative estimate of drug-likeness (QED) is 0.728. The molecule has 0 aliphatic carbocycles. The van der Waals surface area contributed by atoms with Gasteiger partial charge in [-0.3, -0.25) is 9.59 Å². The van der Waals surface area contributed by atoms with Gasteiger partial charge in [0.25, 0.3) is 5.91 Å². The monoisotopic (exact) mass is 311 g/mol. The number of carbonyl (C=O) groups excluding carboxylic acids is 2. The van der Waals surface area contributed by atoms with Crippen molar-refractivity contribution in [2.75, 3.05) is 12.4 Å². The zero-order chi connectivity index (χ0) is 16.2. The van der Waals surface area contributed by atoms with Crippen molar-refractivity contribution in [2.45, 2.75) is 0 Å². The van der Waals surface area contributed by atoms with Crippen molar-refractivity contribution >= 4 is 17.9 Å². The predicted molar refractivity (Wildman–Crippen MR) is 82.7 cm³/mol. The van der Waals surface area contributed by atoms with E-state index in [1.54, 1.807) is 42.5 Å². The number of furan rings is 2. The van der Waals surface area contributed by atoms with Gasteiger partial charge in [0, 0.05) is 5.56 Å². The first-order valence-electron chi connectivity index (χ1n) is 6.79. The second-order valence-corrected chi connectivity index (χ2v) is 4.67. The molecule has 3 aromatic rings. The van der Waals surface area contributed by atoms with Crippen LogP contribution in [-0.4, -0.2) is 19.3 Å². The van der Waals surface area contributed by atoms with E-state index >= 15 is 0 Å². The Bertz CT molecular complexity index is 833. The van der Waals surface area contributed by atoms with Crippen molar-refractivity contribution in [1.29, 1.82) is 0 Å². The highest BCUT2D eigenvalue weighted by molar-refractivity contribution is 6.03. The third-order valence-corrected chi connectivity index (χ3v) is 3.22. The minimum absolute atomic E-state index is 0.193. The summed E-state index contributed by atoms with van der Waals surface area (Å²) in [5.41, 5.74) is 1.17. The number of hydrogen-bond donors (Lipinski definition) is 1. The summed E-state index contributed by atoms with van der Waals surface area (Å²) in [5, 5.41) is 2.73. The molecule has 2 aromatic heterocycles. The molecule has 116 valence electrons. The van der Waals surface area contributed by atoms with Crippen LogP contribution >= 0.6 is 0 Å². The predicted octanol–water partition coefficient (Wildman–Crippen LogP) is 3.61. The Balaban J connectivity index is 1.93. The van der Waals surface area contributed by atoms with Crippen LogP contribution in [0.1, 0.15) is 21.1 Å². The number of methoxy groups -OCH3 is 1. The number of anilines is 1. The summed E-state index contributed by atoms with van der Waals surface area (Å²) in [4.78, 5) is 22.8. The van der Waals surface area contributed by atoms with Gasteiger partial charge < -0.3 is 18.9 Å². The Hall–Kier alpha value is -3.28. The minimum atomic E-state index is -0.390. The Morgan fingerprint density at radius 3 is 2.74 bits per heavy atom. The molecule has 23 heavy (non-hydrogen) atoms. The third-order valence-electron chi connectivity index (χ3n) is 3.22. The van der Waals surface area contributed by atoms with Gasteiger partial charge in [-0.1, -0.05) is 0 Å². The number of aldehydes is 1. The largest absolute Gasteiger partial charge is 0.495 e. The number of hydrogen-bond acceptors (Lipinski definition) is 5. The molecule has 0 spiro atoms. The number of nitrogens with one attached hydrogen (secondary N) is 1. The number of benzene rings is 1. The molecule has 3 rings (SSSR count). The van der Waals surface area contributed by atoms with Gasteiger partial charge in [0.15, 0.2) is 17.8 Å². The number of ether oxygens (including phenoxy) is 1. The lowest BCUT2D eigenvalue weighted by molar-refractivity contribution is 0.0996. The van der Waals surface area contributed by atoms with Gasteiger partial charge in [0.2, 0.25) is 0 Å². The van der Waals surface area contributed by atoms with Gasteiger partial charge in [-0.25, -0.2) is 0 Å². The summed E-state index contributed by atoms with van der Waals surface area (Å²) in [6, 6.07) is 11.6. The van der Waals surface area contributed by atoms with Gasteiger partial charge in [-0.2, -0.15) is 0 Å². The van der Waals surface area contributed by atoms with Gasteiger partial charge in [-0.05, 0) is 42.5 Å². The van der Waals surface area contributed by atoms with Crippen LogP contribution < -0.4 is 10.1 Å². The molecular weight excluding hydrogens is 298 g/mol. The zero-order valence-electron chi connectivity index (χ0n) is 12.2. The fraction of sp³-hybridized carbons (Fsp3) is 0.0588. The molecule has 1 amide bonds. The first kappa shape index (κ1) is 14.6. The molecule has 0 bridgehead atoms. The zero-order valence-corrected chi connectivity index (χ0v) is 12.2. The summed E-state index contributed by atoms with van der Waals surface area (Å²) in [6.45, 7) is 0. The van der Waals surface area contributed by atoms with Crippen LogP contribution in [0.2, 0.25) is 0 Å². The number of amides is 1. The average molecular weight is 311 g/mol. The fourth-order valence-electron chi connectivity index (χ4n) is 2.12. The normalized spacial score (nSPS) is 10.3. The van der Waals surface area contributed by atoms with E-state index in [1.165, 1.54) is 13.4 Å². The van der Waals surface area contributed by atoms with Crippen LogP contribution in [-0.2, 0) is 0 Å². The fourth-order valence-corrected chi connectivity index (χ4v) is 2.12. The second kappa shape index (κ2) is 6.23. The number of carbonyl (C=O) groups is 2. The van der Waals surface area contributed by atoms with Crippen molar-refractivity contribution in [2.24, 2.45) is 0 Å². The van der Waals surface area contributed by atoms with Crippen LogP contribution in [0.15, 0.2) is 57.6 Å². The van der Waals surface area contributed by atoms with E-state index in [1.807, 2.05) is 0 Å². The molecule has 0 saturated carbocycles. The highest BCUT2D eigenvalue weighted by Crippen LogP contribution is 2.31. The van der Waals surface area contributed by atoms with Crippen molar-refractivity contribution in [3.05, 3.63) is 60.2 Å². The molecular formula is C17H13NO5. The Labute approximate surface area is 131 Å². The van der Waals surface area contributed by atoms with E-state index in [4.69, 9.17) is 13.6 Å². The summed E-state index contributed by atoms with van der Waals surface area (Å²) >= 11 is 0. The minimum Gasteiger partial charge on any atom is -0.495 e. The van der Waals surface area contributed by atoms with Crippen LogP contribution in [0, 0.1) is 0 Å². The van der Waals surface area contributed by atoms with Crippen molar-refractivity contribution in [3.8, 4) is 17.1 Å². The van der Waals surface area contributed by atoms with E-state index < -0.39 is 5.91 Å². The summed E-state index contributed by atoms with van der Waals surface area (Å²) in [5.74, 6) is 1.05. The first-order chi connectivity index (χ1) is 11.2. The molecule has 0 saturated heterocycles. The van der Waals surface area contributed by atoms with E-state index in [9.17, 15) is 9.59 Å². The lowest BCUT2D eigenvalue weighted by atomic mass is 10.1. The summed E-state index contributed by atoms with van der Waals surface area (Å²) in [6.07, 6.45) is 2.05. The Kier molecular flexibility index (Phi) is 3.97. The van der Waals surface area contributed by atoms with Crippen LogP contribution in [0.3, 0.4) is 0 Å². The smallest absolute Gasteiger partial charge is 0.291 e. The second-order valence-electron chi connectivity index (χ2n) is 4.67. The standard InChI is InChI=1S/C17H13NO5/c1-21-15-6-4-11(14-7-5-12(10-19)23-14)9-13(15)18-17(20)16-3-2-8-22-16/h2-10H,1H3,(H,18,20). The average Bonchev–Trinajstić information content (AvgIpc) is 3.26. The molecule has 0 radical (unpaired) electrons. The van der Waals surface area contributed by atoms with Gasteiger partial charge in [0.1, 0.15) is 11.5 Å². The molecule has 2 heterocycles. The molecule has 0 unspecified atom stereocenters. The number of rotatable bonds is 5. The first-order valence-corrected chi connectivity index (χ1v) is 6.79.